The average molecular weight is 236 g/mol. The molecule has 0 unspecified atom stereocenters. The molecule has 2 heterocycles. The van der Waals surface area contributed by atoms with Gasteiger partial charge in [0.05, 0.1) is 11.9 Å². The molecule has 0 aliphatic heterocycles. The molecule has 2 N–H and O–H groups in total. The van der Waals surface area contributed by atoms with Gasteiger partial charge in [-0.15, -0.1) is 11.3 Å². The third kappa shape index (κ3) is 2.48. The SMILES string of the molecule is CCCCn1cc(-c2nc(CN)cs2)cn1. The summed E-state index contributed by atoms with van der Waals surface area (Å²) in [6.07, 6.45) is 6.26. The van der Waals surface area contributed by atoms with E-state index >= 15 is 0 Å². The second-order valence-corrected chi connectivity index (χ2v) is 4.55. The van der Waals surface area contributed by atoms with Gasteiger partial charge in [-0.25, -0.2) is 4.98 Å². The van der Waals surface area contributed by atoms with Crippen LogP contribution in [0.5, 0.6) is 0 Å². The van der Waals surface area contributed by atoms with Crippen LogP contribution in [0.2, 0.25) is 0 Å². The molecule has 0 amide bonds. The minimum Gasteiger partial charge on any atom is -0.325 e. The molecule has 0 spiro atoms. The Morgan fingerprint density at radius 1 is 1.50 bits per heavy atom. The molecule has 4 nitrogen and oxygen atoms in total. The van der Waals surface area contributed by atoms with Gasteiger partial charge < -0.3 is 5.73 Å². The first-order chi connectivity index (χ1) is 7.83. The molecule has 0 atom stereocenters. The van der Waals surface area contributed by atoms with Gasteiger partial charge in [-0.2, -0.15) is 5.10 Å². The van der Waals surface area contributed by atoms with E-state index in [4.69, 9.17) is 5.73 Å². The number of hydrogen-bond donors (Lipinski definition) is 1. The summed E-state index contributed by atoms with van der Waals surface area (Å²) in [6, 6.07) is 0. The highest BCUT2D eigenvalue weighted by Gasteiger charge is 2.06. The topological polar surface area (TPSA) is 56.7 Å². The first kappa shape index (κ1) is 11.3. The predicted molar refractivity (Wildman–Crippen MR) is 66.1 cm³/mol. The number of aromatic nitrogens is 3. The smallest absolute Gasteiger partial charge is 0.126 e. The van der Waals surface area contributed by atoms with E-state index in [1.54, 1.807) is 11.3 Å². The summed E-state index contributed by atoms with van der Waals surface area (Å²) in [4.78, 5) is 4.43. The van der Waals surface area contributed by atoms with Crippen molar-refractivity contribution < 1.29 is 0 Å². The minimum atomic E-state index is 0.500. The van der Waals surface area contributed by atoms with Gasteiger partial charge in [0.1, 0.15) is 5.01 Å². The maximum Gasteiger partial charge on any atom is 0.126 e. The van der Waals surface area contributed by atoms with E-state index in [0.717, 1.165) is 29.2 Å². The highest BCUT2D eigenvalue weighted by Crippen LogP contribution is 2.22. The van der Waals surface area contributed by atoms with Gasteiger partial charge in [0.2, 0.25) is 0 Å². The zero-order valence-corrected chi connectivity index (χ0v) is 10.2. The third-order valence-corrected chi connectivity index (χ3v) is 3.32. The van der Waals surface area contributed by atoms with E-state index in [0.29, 0.717) is 6.54 Å². The number of rotatable bonds is 5. The quantitative estimate of drug-likeness (QED) is 0.866. The van der Waals surface area contributed by atoms with E-state index in [1.165, 1.54) is 6.42 Å². The molecule has 0 bridgehead atoms. The fourth-order valence-electron chi connectivity index (χ4n) is 1.45. The van der Waals surface area contributed by atoms with E-state index in [1.807, 2.05) is 16.3 Å². The molecule has 86 valence electrons. The van der Waals surface area contributed by atoms with Gasteiger partial charge in [-0.3, -0.25) is 4.68 Å². The van der Waals surface area contributed by atoms with Crippen molar-refractivity contribution in [2.45, 2.75) is 32.9 Å². The number of nitrogens with two attached hydrogens (primary N) is 1. The summed E-state index contributed by atoms with van der Waals surface area (Å²) in [6.45, 7) is 3.66. The monoisotopic (exact) mass is 236 g/mol. The molecule has 0 aliphatic carbocycles. The zero-order valence-electron chi connectivity index (χ0n) is 9.39. The van der Waals surface area contributed by atoms with Crippen LogP contribution in [0.3, 0.4) is 0 Å². The molecule has 0 radical (unpaired) electrons. The summed E-state index contributed by atoms with van der Waals surface area (Å²) in [5.74, 6) is 0. The maximum absolute atomic E-state index is 5.54. The Kier molecular flexibility index (Phi) is 3.69. The summed E-state index contributed by atoms with van der Waals surface area (Å²) >= 11 is 1.62. The molecule has 2 aromatic heterocycles. The van der Waals surface area contributed by atoms with Crippen molar-refractivity contribution >= 4 is 11.3 Å². The van der Waals surface area contributed by atoms with E-state index in [-0.39, 0.29) is 0 Å². The van der Waals surface area contributed by atoms with Crippen LogP contribution in [-0.4, -0.2) is 14.8 Å². The molecule has 0 fully saturated rings. The van der Waals surface area contributed by atoms with Crippen LogP contribution in [0, 0.1) is 0 Å². The lowest BCUT2D eigenvalue weighted by atomic mass is 10.3. The van der Waals surface area contributed by atoms with Crippen molar-refractivity contribution in [2.24, 2.45) is 5.73 Å². The molecule has 16 heavy (non-hydrogen) atoms. The number of hydrogen-bond acceptors (Lipinski definition) is 4. The van der Waals surface area contributed by atoms with Gasteiger partial charge in [0, 0.05) is 30.2 Å². The lowest BCUT2D eigenvalue weighted by Gasteiger charge is -1.96. The molecule has 0 aromatic carbocycles. The van der Waals surface area contributed by atoms with Gasteiger partial charge >= 0.3 is 0 Å². The van der Waals surface area contributed by atoms with Gasteiger partial charge in [-0.05, 0) is 6.42 Å². The summed E-state index contributed by atoms with van der Waals surface area (Å²) in [5.41, 5.74) is 7.57. The van der Waals surface area contributed by atoms with Crippen LogP contribution in [0.15, 0.2) is 17.8 Å². The number of aryl methyl sites for hydroxylation is 1. The predicted octanol–water partition coefficient (Wildman–Crippen LogP) is 2.27. The van der Waals surface area contributed by atoms with Crippen LogP contribution in [0.1, 0.15) is 25.5 Å². The van der Waals surface area contributed by atoms with Crippen molar-refractivity contribution in [2.75, 3.05) is 0 Å². The van der Waals surface area contributed by atoms with Crippen molar-refractivity contribution in [3.05, 3.63) is 23.5 Å². The molecule has 0 saturated carbocycles. The van der Waals surface area contributed by atoms with Crippen LogP contribution < -0.4 is 5.73 Å². The second kappa shape index (κ2) is 5.23. The minimum absolute atomic E-state index is 0.500. The van der Waals surface area contributed by atoms with Crippen LogP contribution in [0.25, 0.3) is 10.6 Å². The van der Waals surface area contributed by atoms with Gasteiger partial charge in [-0.1, -0.05) is 13.3 Å². The molecule has 0 saturated heterocycles. The fraction of sp³-hybridized carbons (Fsp3) is 0.455. The Morgan fingerprint density at radius 2 is 2.38 bits per heavy atom. The number of thiazole rings is 1. The van der Waals surface area contributed by atoms with Gasteiger partial charge in [0.25, 0.3) is 0 Å². The molecular formula is C11H16N4S. The van der Waals surface area contributed by atoms with Crippen LogP contribution in [0.4, 0.5) is 0 Å². The first-order valence-electron chi connectivity index (χ1n) is 5.50. The second-order valence-electron chi connectivity index (χ2n) is 3.69. The molecular weight excluding hydrogens is 220 g/mol. The lowest BCUT2D eigenvalue weighted by molar-refractivity contribution is 0.572. The normalized spacial score (nSPS) is 10.9. The van der Waals surface area contributed by atoms with Crippen LogP contribution in [-0.2, 0) is 13.1 Å². The molecule has 5 heteroatoms. The Bertz CT molecular complexity index is 446. The summed E-state index contributed by atoms with van der Waals surface area (Å²) < 4.78 is 1.97. The Morgan fingerprint density at radius 3 is 3.06 bits per heavy atom. The van der Waals surface area contributed by atoms with Crippen molar-refractivity contribution in [3.63, 3.8) is 0 Å². The Hall–Kier alpha value is -1.20. The molecule has 0 aliphatic rings. The summed E-state index contributed by atoms with van der Waals surface area (Å²) in [5, 5.41) is 7.32. The van der Waals surface area contributed by atoms with E-state index < -0.39 is 0 Å². The van der Waals surface area contributed by atoms with E-state index in [9.17, 15) is 0 Å². The van der Waals surface area contributed by atoms with E-state index in [2.05, 4.69) is 23.2 Å². The standard InChI is InChI=1S/C11H16N4S/c1-2-3-4-15-7-9(6-13-15)11-14-10(5-12)8-16-11/h6-8H,2-5,12H2,1H3. The van der Waals surface area contributed by atoms with Crippen molar-refractivity contribution in [1.29, 1.82) is 0 Å². The maximum atomic E-state index is 5.54. The van der Waals surface area contributed by atoms with Gasteiger partial charge in [0.15, 0.2) is 0 Å². The number of unbranched alkanes of at least 4 members (excludes halogenated alkanes) is 1. The third-order valence-electron chi connectivity index (χ3n) is 2.38. The zero-order chi connectivity index (χ0) is 11.4. The Labute approximate surface area is 99.1 Å². The van der Waals surface area contributed by atoms with Crippen molar-refractivity contribution in [1.82, 2.24) is 14.8 Å². The summed E-state index contributed by atoms with van der Waals surface area (Å²) in [7, 11) is 0. The molecule has 2 aromatic rings. The highest BCUT2D eigenvalue weighted by atomic mass is 32.1. The first-order valence-corrected chi connectivity index (χ1v) is 6.38. The lowest BCUT2D eigenvalue weighted by Crippen LogP contribution is -1.97. The largest absolute Gasteiger partial charge is 0.325 e. The average Bonchev–Trinajstić information content (AvgIpc) is 2.94. The Balaban J connectivity index is 2.11. The number of nitrogens with zero attached hydrogens (tertiary/aromatic N) is 3. The van der Waals surface area contributed by atoms with Crippen molar-refractivity contribution in [3.8, 4) is 10.6 Å². The highest BCUT2D eigenvalue weighted by molar-refractivity contribution is 7.13. The molecule has 2 rings (SSSR count). The fourth-order valence-corrected chi connectivity index (χ4v) is 2.26. The van der Waals surface area contributed by atoms with Crippen LogP contribution >= 0.6 is 11.3 Å².